The zero-order valence-electron chi connectivity index (χ0n) is 11.5. The zero-order chi connectivity index (χ0) is 14.6. The van der Waals surface area contributed by atoms with Gasteiger partial charge in [0.25, 0.3) is 0 Å². The molecule has 0 amide bonds. The van der Waals surface area contributed by atoms with Gasteiger partial charge >= 0.3 is 0 Å². The number of aliphatic hydroxyl groups is 1. The minimum absolute atomic E-state index is 0.0370. The fraction of sp³-hybridized carbons (Fsp3) is 0.538. The molecule has 2 heterocycles. The van der Waals surface area contributed by atoms with Crippen LogP contribution in [0.15, 0.2) is 23.5 Å². The van der Waals surface area contributed by atoms with Crippen LogP contribution in [0.3, 0.4) is 0 Å². The van der Waals surface area contributed by atoms with E-state index in [9.17, 15) is 5.11 Å². The lowest BCUT2D eigenvalue weighted by molar-refractivity contribution is -0.0572. The highest BCUT2D eigenvalue weighted by atomic mass is 16.5. The molecule has 0 saturated carbocycles. The molecule has 0 radical (unpaired) electrons. The Labute approximate surface area is 117 Å². The number of hydrogen-bond donors (Lipinski definition) is 3. The maximum atomic E-state index is 10.5. The van der Waals surface area contributed by atoms with E-state index in [1.54, 1.807) is 12.3 Å². The van der Waals surface area contributed by atoms with E-state index in [4.69, 9.17) is 15.7 Å². The Balaban J connectivity index is 2.10. The number of hydrogen-bond acceptors (Lipinski definition) is 6. The number of nitrogens with zero attached hydrogens (tertiary/aromatic N) is 3. The summed E-state index contributed by atoms with van der Waals surface area (Å²) in [6.07, 6.45) is 2.83. The van der Waals surface area contributed by atoms with E-state index in [1.165, 1.54) is 0 Å². The van der Waals surface area contributed by atoms with E-state index in [0.29, 0.717) is 38.3 Å². The Kier molecular flexibility index (Phi) is 4.41. The van der Waals surface area contributed by atoms with Gasteiger partial charge in [-0.05, 0) is 12.1 Å². The summed E-state index contributed by atoms with van der Waals surface area (Å²) in [5.41, 5.74) is 6.03. The lowest BCUT2D eigenvalue weighted by Crippen LogP contribution is -2.45. The van der Waals surface area contributed by atoms with Gasteiger partial charge in [0.1, 0.15) is 5.69 Å². The number of pyridine rings is 1. The van der Waals surface area contributed by atoms with Gasteiger partial charge < -0.3 is 25.7 Å². The molecular weight excluding hydrogens is 260 g/mol. The molecule has 110 valence electrons. The summed E-state index contributed by atoms with van der Waals surface area (Å²) >= 11 is 0. The SMILES string of the molecule is CN(CC1(O)CCOCC1)c1ccnc(/C(N)=N/O)c1. The summed E-state index contributed by atoms with van der Waals surface area (Å²) in [6.45, 7) is 1.65. The van der Waals surface area contributed by atoms with Crippen molar-refractivity contribution in [3.8, 4) is 0 Å². The Morgan fingerprint density at radius 2 is 2.25 bits per heavy atom. The van der Waals surface area contributed by atoms with Crippen LogP contribution in [0.2, 0.25) is 0 Å². The lowest BCUT2D eigenvalue weighted by atomic mass is 9.94. The Bertz CT molecular complexity index is 486. The second-order valence-electron chi connectivity index (χ2n) is 5.08. The van der Waals surface area contributed by atoms with Crippen LogP contribution in [0.4, 0.5) is 5.69 Å². The van der Waals surface area contributed by atoms with Gasteiger partial charge in [-0.25, -0.2) is 0 Å². The zero-order valence-corrected chi connectivity index (χ0v) is 11.5. The molecule has 0 spiro atoms. The van der Waals surface area contributed by atoms with Crippen LogP contribution in [0.1, 0.15) is 18.5 Å². The van der Waals surface area contributed by atoms with E-state index >= 15 is 0 Å². The highest BCUT2D eigenvalue weighted by Crippen LogP contribution is 2.24. The van der Waals surface area contributed by atoms with Crippen LogP contribution >= 0.6 is 0 Å². The van der Waals surface area contributed by atoms with Gasteiger partial charge in [0, 0.05) is 51.5 Å². The average Bonchev–Trinajstić information content (AvgIpc) is 2.47. The van der Waals surface area contributed by atoms with E-state index in [0.717, 1.165) is 5.69 Å². The predicted molar refractivity (Wildman–Crippen MR) is 75.0 cm³/mol. The number of ether oxygens (including phenoxy) is 1. The molecule has 1 aromatic rings. The molecule has 20 heavy (non-hydrogen) atoms. The number of likely N-dealkylation sites (N-methyl/N-ethyl adjacent to an activating group) is 1. The van der Waals surface area contributed by atoms with Crippen molar-refractivity contribution in [1.29, 1.82) is 0 Å². The van der Waals surface area contributed by atoms with Crippen molar-refractivity contribution < 1.29 is 15.1 Å². The third-order valence-electron chi connectivity index (χ3n) is 3.51. The average molecular weight is 280 g/mol. The number of nitrogens with two attached hydrogens (primary N) is 1. The summed E-state index contributed by atoms with van der Waals surface area (Å²) in [7, 11) is 1.89. The van der Waals surface area contributed by atoms with Crippen molar-refractivity contribution in [3.05, 3.63) is 24.0 Å². The molecule has 1 fully saturated rings. The Hall–Kier alpha value is -1.86. The largest absolute Gasteiger partial charge is 0.409 e. The third kappa shape index (κ3) is 3.37. The summed E-state index contributed by atoms with van der Waals surface area (Å²) in [5, 5.41) is 22.1. The first-order valence-electron chi connectivity index (χ1n) is 6.49. The molecule has 0 bridgehead atoms. The third-order valence-corrected chi connectivity index (χ3v) is 3.51. The van der Waals surface area contributed by atoms with Crippen molar-refractivity contribution in [2.45, 2.75) is 18.4 Å². The van der Waals surface area contributed by atoms with E-state index in [2.05, 4.69) is 10.1 Å². The molecule has 2 rings (SSSR count). The van der Waals surface area contributed by atoms with Crippen LogP contribution in [0, 0.1) is 0 Å². The molecule has 0 atom stereocenters. The number of oxime groups is 1. The standard InChI is InChI=1S/C13H20N4O3/c1-17(9-13(18)3-6-20-7-4-13)10-2-5-15-11(8-10)12(14)16-19/h2,5,8,18-19H,3-4,6-7,9H2,1H3,(H2,14,16). The number of rotatable bonds is 4. The van der Waals surface area contributed by atoms with E-state index in [-0.39, 0.29) is 5.84 Å². The topological polar surface area (TPSA) is 104 Å². The van der Waals surface area contributed by atoms with Gasteiger partial charge in [-0.15, -0.1) is 0 Å². The van der Waals surface area contributed by atoms with Gasteiger partial charge in [-0.1, -0.05) is 5.16 Å². The summed E-state index contributed by atoms with van der Waals surface area (Å²) in [6, 6.07) is 3.54. The number of anilines is 1. The van der Waals surface area contributed by atoms with Crippen LogP contribution in [-0.2, 0) is 4.74 Å². The first-order valence-corrected chi connectivity index (χ1v) is 6.49. The highest BCUT2D eigenvalue weighted by molar-refractivity contribution is 5.95. The van der Waals surface area contributed by atoms with Crippen molar-refractivity contribution in [2.75, 3.05) is 31.7 Å². The maximum Gasteiger partial charge on any atom is 0.188 e. The Morgan fingerprint density at radius 1 is 1.55 bits per heavy atom. The smallest absolute Gasteiger partial charge is 0.188 e. The van der Waals surface area contributed by atoms with Crippen molar-refractivity contribution in [3.63, 3.8) is 0 Å². The first kappa shape index (κ1) is 14.5. The van der Waals surface area contributed by atoms with Gasteiger partial charge in [0.15, 0.2) is 5.84 Å². The molecule has 7 heteroatoms. The molecular formula is C13H20N4O3. The summed E-state index contributed by atoms with van der Waals surface area (Å²) in [5.74, 6) is -0.0370. The summed E-state index contributed by atoms with van der Waals surface area (Å²) < 4.78 is 5.27. The normalized spacial score (nSPS) is 18.8. The fourth-order valence-corrected chi connectivity index (χ4v) is 2.29. The van der Waals surface area contributed by atoms with Gasteiger partial charge in [0.2, 0.25) is 0 Å². The van der Waals surface area contributed by atoms with Crippen LogP contribution < -0.4 is 10.6 Å². The molecule has 1 aliphatic rings. The lowest BCUT2D eigenvalue weighted by Gasteiger charge is -2.36. The monoisotopic (exact) mass is 280 g/mol. The molecule has 0 unspecified atom stereocenters. The van der Waals surface area contributed by atoms with Crippen LogP contribution in [-0.4, -0.2) is 53.5 Å². The van der Waals surface area contributed by atoms with Crippen molar-refractivity contribution >= 4 is 11.5 Å². The molecule has 7 nitrogen and oxygen atoms in total. The van der Waals surface area contributed by atoms with E-state index < -0.39 is 5.60 Å². The molecule has 1 aliphatic heterocycles. The van der Waals surface area contributed by atoms with Crippen molar-refractivity contribution in [2.24, 2.45) is 10.9 Å². The maximum absolute atomic E-state index is 10.5. The second kappa shape index (κ2) is 6.06. The number of aromatic nitrogens is 1. The number of amidine groups is 1. The Morgan fingerprint density at radius 3 is 2.90 bits per heavy atom. The molecule has 0 aliphatic carbocycles. The summed E-state index contributed by atoms with van der Waals surface area (Å²) in [4.78, 5) is 5.96. The molecule has 1 saturated heterocycles. The minimum atomic E-state index is -0.743. The molecule has 0 aromatic carbocycles. The van der Waals surface area contributed by atoms with Crippen LogP contribution in [0.25, 0.3) is 0 Å². The van der Waals surface area contributed by atoms with Gasteiger partial charge in [0.05, 0.1) is 5.60 Å². The molecule has 1 aromatic heterocycles. The van der Waals surface area contributed by atoms with Gasteiger partial charge in [-0.3, -0.25) is 4.98 Å². The fourth-order valence-electron chi connectivity index (χ4n) is 2.29. The predicted octanol–water partition coefficient (Wildman–Crippen LogP) is 0.154. The second-order valence-corrected chi connectivity index (χ2v) is 5.08. The minimum Gasteiger partial charge on any atom is -0.409 e. The van der Waals surface area contributed by atoms with Gasteiger partial charge in [-0.2, -0.15) is 0 Å². The van der Waals surface area contributed by atoms with E-state index in [1.807, 2.05) is 18.0 Å². The first-order chi connectivity index (χ1) is 9.54. The quantitative estimate of drug-likeness (QED) is 0.314. The highest BCUT2D eigenvalue weighted by Gasteiger charge is 2.31. The molecule has 4 N–H and O–H groups in total. The van der Waals surface area contributed by atoms with Crippen molar-refractivity contribution in [1.82, 2.24) is 4.98 Å². The van der Waals surface area contributed by atoms with Crippen LogP contribution in [0.5, 0.6) is 0 Å².